The third-order valence-electron chi connectivity index (χ3n) is 2.85. The SMILES string of the molecule is Cc1ccc(NC(=O)c2cc(N)cc(Cl)c2)cc1[N+](=O)[O-]. The lowest BCUT2D eigenvalue weighted by Crippen LogP contribution is -2.12. The van der Waals surface area contributed by atoms with Gasteiger partial charge in [-0.3, -0.25) is 14.9 Å². The second-order valence-electron chi connectivity index (χ2n) is 4.49. The second-order valence-corrected chi connectivity index (χ2v) is 4.92. The van der Waals surface area contributed by atoms with Gasteiger partial charge in [0.1, 0.15) is 0 Å². The van der Waals surface area contributed by atoms with E-state index in [1.807, 2.05) is 0 Å². The van der Waals surface area contributed by atoms with Gasteiger partial charge in [0, 0.05) is 33.6 Å². The summed E-state index contributed by atoms with van der Waals surface area (Å²) in [5.41, 5.74) is 7.06. The Kier molecular flexibility index (Phi) is 4.09. The van der Waals surface area contributed by atoms with Gasteiger partial charge in [-0.25, -0.2) is 0 Å². The molecule has 3 N–H and O–H groups in total. The smallest absolute Gasteiger partial charge is 0.274 e. The summed E-state index contributed by atoms with van der Waals surface area (Å²) >= 11 is 5.84. The highest BCUT2D eigenvalue weighted by Gasteiger charge is 2.13. The quantitative estimate of drug-likeness (QED) is 0.516. The van der Waals surface area contributed by atoms with E-state index in [1.165, 1.54) is 24.3 Å². The minimum absolute atomic E-state index is 0.0570. The van der Waals surface area contributed by atoms with Crippen LogP contribution in [0.25, 0.3) is 0 Å². The van der Waals surface area contributed by atoms with Gasteiger partial charge in [0.25, 0.3) is 11.6 Å². The van der Waals surface area contributed by atoms with Crippen LogP contribution in [0.15, 0.2) is 36.4 Å². The molecule has 2 aromatic carbocycles. The van der Waals surface area contributed by atoms with Gasteiger partial charge < -0.3 is 11.1 Å². The van der Waals surface area contributed by atoms with Crippen LogP contribution in [0.3, 0.4) is 0 Å². The molecule has 2 aromatic rings. The maximum Gasteiger partial charge on any atom is 0.274 e. The number of nitro benzene ring substituents is 1. The number of anilines is 2. The van der Waals surface area contributed by atoms with Gasteiger partial charge >= 0.3 is 0 Å². The molecule has 0 saturated carbocycles. The zero-order valence-electron chi connectivity index (χ0n) is 11.1. The number of hydrogen-bond donors (Lipinski definition) is 2. The molecule has 0 atom stereocenters. The summed E-state index contributed by atoms with van der Waals surface area (Å²) < 4.78 is 0. The number of nitrogens with two attached hydrogens (primary N) is 1. The normalized spacial score (nSPS) is 10.2. The van der Waals surface area contributed by atoms with Gasteiger partial charge in [0.2, 0.25) is 0 Å². The first-order chi connectivity index (χ1) is 9.86. The average molecular weight is 306 g/mol. The van der Waals surface area contributed by atoms with Crippen LogP contribution >= 0.6 is 11.6 Å². The summed E-state index contributed by atoms with van der Waals surface area (Å²) in [5, 5.41) is 13.8. The van der Waals surface area contributed by atoms with Gasteiger partial charge in [-0.15, -0.1) is 0 Å². The summed E-state index contributed by atoms with van der Waals surface area (Å²) in [6.45, 7) is 1.63. The Morgan fingerprint density at radius 3 is 2.62 bits per heavy atom. The average Bonchev–Trinajstić information content (AvgIpc) is 2.39. The number of carbonyl (C=O) groups is 1. The van der Waals surface area contributed by atoms with E-state index in [1.54, 1.807) is 19.1 Å². The molecule has 1 amide bonds. The van der Waals surface area contributed by atoms with E-state index >= 15 is 0 Å². The fourth-order valence-corrected chi connectivity index (χ4v) is 2.07. The van der Waals surface area contributed by atoms with E-state index in [9.17, 15) is 14.9 Å². The van der Waals surface area contributed by atoms with E-state index < -0.39 is 10.8 Å². The molecule has 21 heavy (non-hydrogen) atoms. The number of nitrogens with zero attached hydrogens (tertiary/aromatic N) is 1. The summed E-state index contributed by atoms with van der Waals surface area (Å²) in [7, 11) is 0. The van der Waals surface area contributed by atoms with E-state index in [0.29, 0.717) is 22.0 Å². The number of carbonyl (C=O) groups excluding carboxylic acids is 1. The van der Waals surface area contributed by atoms with Crippen molar-refractivity contribution in [1.29, 1.82) is 0 Å². The molecule has 0 saturated heterocycles. The molecular formula is C14H12ClN3O3. The number of nitro groups is 1. The number of nitrogens with one attached hydrogen (secondary N) is 1. The van der Waals surface area contributed by atoms with Crippen molar-refractivity contribution >= 4 is 34.6 Å². The molecule has 0 fully saturated rings. The minimum atomic E-state index is -0.498. The van der Waals surface area contributed by atoms with Crippen molar-refractivity contribution < 1.29 is 9.72 Å². The molecule has 0 heterocycles. The van der Waals surface area contributed by atoms with Crippen molar-refractivity contribution in [3.8, 4) is 0 Å². The van der Waals surface area contributed by atoms with Crippen molar-refractivity contribution in [3.63, 3.8) is 0 Å². The van der Waals surface area contributed by atoms with Crippen molar-refractivity contribution in [1.82, 2.24) is 0 Å². The standard InChI is InChI=1S/C14H12ClN3O3/c1-8-2-3-12(7-13(8)18(20)21)17-14(19)9-4-10(15)6-11(16)5-9/h2-7H,16H2,1H3,(H,17,19). The summed E-state index contributed by atoms with van der Waals surface area (Å²) in [5.74, 6) is -0.442. The fraction of sp³-hybridized carbons (Fsp3) is 0.0714. The highest BCUT2D eigenvalue weighted by Crippen LogP contribution is 2.23. The van der Waals surface area contributed by atoms with Crippen LogP contribution in [-0.4, -0.2) is 10.8 Å². The van der Waals surface area contributed by atoms with Crippen LogP contribution in [0.4, 0.5) is 17.1 Å². The fourth-order valence-electron chi connectivity index (χ4n) is 1.83. The van der Waals surface area contributed by atoms with Crippen molar-refractivity contribution in [2.75, 3.05) is 11.1 Å². The number of hydrogen-bond acceptors (Lipinski definition) is 4. The molecule has 6 nitrogen and oxygen atoms in total. The highest BCUT2D eigenvalue weighted by molar-refractivity contribution is 6.31. The minimum Gasteiger partial charge on any atom is -0.399 e. The monoisotopic (exact) mass is 305 g/mol. The predicted octanol–water partition coefficient (Wildman–Crippen LogP) is 3.39. The molecule has 2 rings (SSSR count). The van der Waals surface area contributed by atoms with Gasteiger partial charge in [-0.2, -0.15) is 0 Å². The van der Waals surface area contributed by atoms with E-state index in [2.05, 4.69) is 5.32 Å². The molecule has 0 bridgehead atoms. The Morgan fingerprint density at radius 1 is 1.29 bits per heavy atom. The number of rotatable bonds is 3. The van der Waals surface area contributed by atoms with Gasteiger partial charge in [-0.1, -0.05) is 17.7 Å². The first-order valence-corrected chi connectivity index (χ1v) is 6.37. The number of nitrogen functional groups attached to an aromatic ring is 1. The largest absolute Gasteiger partial charge is 0.399 e. The molecule has 108 valence electrons. The Bertz CT molecular complexity index is 711. The van der Waals surface area contributed by atoms with Crippen LogP contribution < -0.4 is 11.1 Å². The van der Waals surface area contributed by atoms with Crippen LogP contribution in [0.1, 0.15) is 15.9 Å². The number of benzene rings is 2. The van der Waals surface area contributed by atoms with Gasteiger partial charge in [-0.05, 0) is 31.2 Å². The first kappa shape index (κ1) is 14.8. The van der Waals surface area contributed by atoms with Crippen LogP contribution in [0.2, 0.25) is 5.02 Å². The molecule has 0 aliphatic heterocycles. The molecule has 0 unspecified atom stereocenters. The zero-order chi connectivity index (χ0) is 15.6. The van der Waals surface area contributed by atoms with E-state index in [0.717, 1.165) is 0 Å². The van der Waals surface area contributed by atoms with Gasteiger partial charge in [0.05, 0.1) is 4.92 Å². The lowest BCUT2D eigenvalue weighted by molar-refractivity contribution is -0.385. The maximum absolute atomic E-state index is 12.1. The number of halogens is 1. The summed E-state index contributed by atoms with van der Waals surface area (Å²) in [4.78, 5) is 22.5. The molecule has 0 aliphatic carbocycles. The Balaban J connectivity index is 2.27. The lowest BCUT2D eigenvalue weighted by atomic mass is 10.1. The maximum atomic E-state index is 12.1. The lowest BCUT2D eigenvalue weighted by Gasteiger charge is -2.07. The second kappa shape index (κ2) is 5.80. The summed E-state index contributed by atoms with van der Waals surface area (Å²) in [6, 6.07) is 8.93. The molecule has 7 heteroatoms. The molecule has 0 spiro atoms. The Hall–Kier alpha value is -2.60. The van der Waals surface area contributed by atoms with Crippen LogP contribution in [0, 0.1) is 17.0 Å². The van der Waals surface area contributed by atoms with Crippen molar-refractivity contribution in [2.45, 2.75) is 6.92 Å². The van der Waals surface area contributed by atoms with Crippen LogP contribution in [-0.2, 0) is 0 Å². The third-order valence-corrected chi connectivity index (χ3v) is 3.06. The van der Waals surface area contributed by atoms with Crippen molar-refractivity contribution in [3.05, 3.63) is 62.7 Å². The molecule has 0 radical (unpaired) electrons. The number of aryl methyl sites for hydroxylation is 1. The summed E-state index contributed by atoms with van der Waals surface area (Å²) in [6.07, 6.45) is 0. The predicted molar refractivity (Wildman–Crippen MR) is 81.7 cm³/mol. The van der Waals surface area contributed by atoms with Crippen LogP contribution in [0.5, 0.6) is 0 Å². The number of amides is 1. The third kappa shape index (κ3) is 3.49. The molecule has 0 aromatic heterocycles. The van der Waals surface area contributed by atoms with E-state index in [4.69, 9.17) is 17.3 Å². The topological polar surface area (TPSA) is 98.3 Å². The molecule has 0 aliphatic rings. The van der Waals surface area contributed by atoms with Crippen molar-refractivity contribution in [2.24, 2.45) is 0 Å². The highest BCUT2D eigenvalue weighted by atomic mass is 35.5. The zero-order valence-corrected chi connectivity index (χ0v) is 11.8. The molecular weight excluding hydrogens is 294 g/mol. The Labute approximate surface area is 125 Å². The first-order valence-electron chi connectivity index (χ1n) is 5.99. The van der Waals surface area contributed by atoms with Gasteiger partial charge in [0.15, 0.2) is 0 Å². The Morgan fingerprint density at radius 2 is 2.00 bits per heavy atom. The van der Waals surface area contributed by atoms with E-state index in [-0.39, 0.29) is 11.3 Å².